The van der Waals surface area contributed by atoms with E-state index in [2.05, 4.69) is 14.7 Å². The first-order chi connectivity index (χ1) is 9.82. The van der Waals surface area contributed by atoms with Crippen molar-refractivity contribution in [3.63, 3.8) is 0 Å². The summed E-state index contributed by atoms with van der Waals surface area (Å²) in [5.41, 5.74) is -1.39. The molecule has 0 unspecified atom stereocenters. The predicted octanol–water partition coefficient (Wildman–Crippen LogP) is 2.20. The Labute approximate surface area is 142 Å². The van der Waals surface area contributed by atoms with Crippen molar-refractivity contribution < 1.29 is 28.7 Å². The number of hydrogen-bond donors (Lipinski definition) is 0. The Balaban J connectivity index is 4.55. The van der Waals surface area contributed by atoms with E-state index in [0.717, 1.165) is 6.92 Å². The molecule has 126 valence electrons. The molecule has 0 saturated heterocycles. The molecular weight excluding hydrogens is 360 g/mol. The van der Waals surface area contributed by atoms with Crippen molar-refractivity contribution in [1.29, 1.82) is 0 Å². The van der Waals surface area contributed by atoms with Gasteiger partial charge in [-0.25, -0.2) is 9.59 Å². The summed E-state index contributed by atoms with van der Waals surface area (Å²) >= 11 is 16.2. The lowest BCUT2D eigenvalue weighted by Gasteiger charge is -2.19. The minimum absolute atomic E-state index is 0.477. The van der Waals surface area contributed by atoms with Gasteiger partial charge in [-0.1, -0.05) is 40.0 Å². The second-order valence-corrected chi connectivity index (χ2v) is 7.56. The lowest BCUT2D eigenvalue weighted by molar-refractivity contribution is -0.150. The zero-order valence-electron chi connectivity index (χ0n) is 12.4. The van der Waals surface area contributed by atoms with Crippen molar-refractivity contribution in [2.75, 3.05) is 13.2 Å². The van der Waals surface area contributed by atoms with E-state index in [4.69, 9.17) is 39.5 Å². The van der Waals surface area contributed by atoms with Crippen LogP contribution in [0.1, 0.15) is 27.7 Å². The van der Waals surface area contributed by atoms with E-state index < -0.39 is 46.0 Å². The molecule has 0 atom stereocenters. The number of oxime groups is 1. The lowest BCUT2D eigenvalue weighted by atomic mass is 10.2. The van der Waals surface area contributed by atoms with Gasteiger partial charge in [0.1, 0.15) is 12.2 Å². The average Bonchev–Trinajstić information content (AvgIpc) is 2.28. The number of rotatable bonds is 6. The fraction of sp³-hybridized carbons (Fsp3) is 0.667. The van der Waals surface area contributed by atoms with Gasteiger partial charge in [-0.05, 0) is 20.8 Å². The number of Topliss-reactive ketones (excluding diaryl/α,β-unsaturated/α-hetero) is 1. The maximum atomic E-state index is 11.7. The monoisotopic (exact) mass is 375 g/mol. The highest BCUT2D eigenvalue weighted by Crippen LogP contribution is 2.25. The molecule has 0 bridgehead atoms. The Morgan fingerprint density at radius 3 is 2.05 bits per heavy atom. The summed E-state index contributed by atoms with van der Waals surface area (Å²) in [5.74, 6) is -2.53. The number of ether oxygens (including phenoxy) is 2. The number of alkyl halides is 3. The molecule has 0 aliphatic rings. The Kier molecular flexibility index (Phi) is 8.14. The van der Waals surface area contributed by atoms with Crippen LogP contribution >= 0.6 is 34.8 Å². The van der Waals surface area contributed by atoms with Gasteiger partial charge >= 0.3 is 11.9 Å². The first-order valence-corrected chi connectivity index (χ1v) is 7.12. The van der Waals surface area contributed by atoms with Gasteiger partial charge in [0.2, 0.25) is 16.1 Å². The molecule has 0 amide bonds. The van der Waals surface area contributed by atoms with E-state index in [0.29, 0.717) is 0 Å². The molecule has 0 aromatic heterocycles. The molecule has 0 spiro atoms. The van der Waals surface area contributed by atoms with Gasteiger partial charge in [-0.3, -0.25) is 4.79 Å². The second kappa shape index (κ2) is 8.55. The number of carbonyl (C=O) groups is 3. The third-order valence-corrected chi connectivity index (χ3v) is 1.99. The standard InChI is InChI=1S/C12H16Cl3NO6/c1-7(17)9(10(19)22-11(2,3)4)16-21-5-8(18)20-6-12(13,14)15/h5-6H2,1-4H3/b16-9+. The van der Waals surface area contributed by atoms with Crippen LogP contribution in [0.5, 0.6) is 0 Å². The van der Waals surface area contributed by atoms with E-state index in [1.807, 2.05) is 0 Å². The maximum Gasteiger partial charge on any atom is 0.364 e. The van der Waals surface area contributed by atoms with E-state index in [1.54, 1.807) is 20.8 Å². The van der Waals surface area contributed by atoms with Crippen molar-refractivity contribution in [3.05, 3.63) is 0 Å². The summed E-state index contributed by atoms with van der Waals surface area (Å²) in [7, 11) is 0. The van der Waals surface area contributed by atoms with Crippen LogP contribution in [0.3, 0.4) is 0 Å². The zero-order chi connectivity index (χ0) is 17.6. The third kappa shape index (κ3) is 10.6. The van der Waals surface area contributed by atoms with Crippen LogP contribution < -0.4 is 0 Å². The summed E-state index contributed by atoms with van der Waals surface area (Å²) < 4.78 is 7.78. The molecule has 0 fully saturated rings. The highest BCUT2D eigenvalue weighted by atomic mass is 35.6. The maximum absolute atomic E-state index is 11.7. The average molecular weight is 377 g/mol. The fourth-order valence-electron chi connectivity index (χ4n) is 0.925. The molecule has 10 heteroatoms. The van der Waals surface area contributed by atoms with Crippen LogP contribution in [-0.4, -0.2) is 46.0 Å². The van der Waals surface area contributed by atoms with Gasteiger partial charge in [0, 0.05) is 6.92 Å². The topological polar surface area (TPSA) is 91.3 Å². The van der Waals surface area contributed by atoms with Crippen LogP contribution in [0.4, 0.5) is 0 Å². The van der Waals surface area contributed by atoms with E-state index >= 15 is 0 Å². The molecule has 0 aromatic rings. The molecule has 7 nitrogen and oxygen atoms in total. The van der Waals surface area contributed by atoms with Gasteiger partial charge in [-0.2, -0.15) is 0 Å². The zero-order valence-corrected chi connectivity index (χ0v) is 14.7. The van der Waals surface area contributed by atoms with Crippen LogP contribution in [-0.2, 0) is 28.7 Å². The first kappa shape index (κ1) is 20.9. The van der Waals surface area contributed by atoms with Crippen LogP contribution in [0.25, 0.3) is 0 Å². The summed E-state index contributed by atoms with van der Waals surface area (Å²) in [6, 6.07) is 0. The number of halogens is 3. The minimum Gasteiger partial charge on any atom is -0.459 e. The quantitative estimate of drug-likeness (QED) is 0.232. The molecule has 0 aromatic carbocycles. The molecular formula is C12H16Cl3NO6. The number of nitrogens with zero attached hydrogens (tertiary/aromatic N) is 1. The van der Waals surface area contributed by atoms with Gasteiger partial charge in [0.15, 0.2) is 5.78 Å². The van der Waals surface area contributed by atoms with Crippen LogP contribution in [0, 0.1) is 0 Å². The third-order valence-electron chi connectivity index (χ3n) is 1.66. The predicted molar refractivity (Wildman–Crippen MR) is 81.2 cm³/mol. The van der Waals surface area contributed by atoms with Crippen LogP contribution in [0.2, 0.25) is 0 Å². The normalized spacial score (nSPS) is 12.6. The Bertz CT molecular complexity index is 464. The molecule has 0 saturated carbocycles. The largest absolute Gasteiger partial charge is 0.459 e. The van der Waals surface area contributed by atoms with Crippen molar-refractivity contribution >= 4 is 58.2 Å². The minimum atomic E-state index is -1.75. The molecule has 0 heterocycles. The van der Waals surface area contributed by atoms with Gasteiger partial charge in [0.05, 0.1) is 0 Å². The van der Waals surface area contributed by atoms with E-state index in [9.17, 15) is 14.4 Å². The lowest BCUT2D eigenvalue weighted by Crippen LogP contribution is -2.32. The molecule has 22 heavy (non-hydrogen) atoms. The summed E-state index contributed by atoms with van der Waals surface area (Å²) in [6.07, 6.45) is 0. The molecule has 0 N–H and O–H groups in total. The van der Waals surface area contributed by atoms with E-state index in [-0.39, 0.29) is 0 Å². The van der Waals surface area contributed by atoms with Crippen molar-refractivity contribution in [2.24, 2.45) is 5.16 Å². The summed E-state index contributed by atoms with van der Waals surface area (Å²) in [5, 5.41) is 3.28. The van der Waals surface area contributed by atoms with Crippen molar-refractivity contribution in [3.8, 4) is 0 Å². The van der Waals surface area contributed by atoms with Gasteiger partial charge in [-0.15, -0.1) is 0 Å². The van der Waals surface area contributed by atoms with Crippen LogP contribution in [0.15, 0.2) is 5.16 Å². The smallest absolute Gasteiger partial charge is 0.364 e. The summed E-state index contributed by atoms with van der Waals surface area (Å²) in [4.78, 5) is 38.9. The SMILES string of the molecule is CC(=O)/C(=N\OCC(=O)OCC(Cl)(Cl)Cl)C(=O)OC(C)(C)C. The number of carbonyl (C=O) groups excluding carboxylic acids is 3. The van der Waals surface area contributed by atoms with Gasteiger partial charge < -0.3 is 14.3 Å². The Hall–Kier alpha value is -1.05. The Morgan fingerprint density at radius 2 is 1.64 bits per heavy atom. The molecule has 0 radical (unpaired) electrons. The van der Waals surface area contributed by atoms with E-state index in [1.165, 1.54) is 0 Å². The highest BCUT2D eigenvalue weighted by Gasteiger charge is 2.25. The summed E-state index contributed by atoms with van der Waals surface area (Å²) in [6.45, 7) is 4.83. The highest BCUT2D eigenvalue weighted by molar-refractivity contribution is 6.67. The Morgan fingerprint density at radius 1 is 1.09 bits per heavy atom. The van der Waals surface area contributed by atoms with Gasteiger partial charge in [0.25, 0.3) is 0 Å². The number of esters is 2. The number of hydrogen-bond acceptors (Lipinski definition) is 7. The second-order valence-electron chi connectivity index (χ2n) is 5.05. The molecule has 0 rings (SSSR count). The molecule has 0 aliphatic carbocycles. The van der Waals surface area contributed by atoms with Crippen molar-refractivity contribution in [2.45, 2.75) is 37.1 Å². The number of ketones is 1. The first-order valence-electron chi connectivity index (χ1n) is 5.98. The molecule has 0 aliphatic heterocycles. The van der Waals surface area contributed by atoms with Crippen molar-refractivity contribution in [1.82, 2.24) is 0 Å². The fourth-order valence-corrected chi connectivity index (χ4v) is 1.09.